The largest absolute Gasteiger partial charge is 0.497 e. The van der Waals surface area contributed by atoms with Crippen molar-refractivity contribution in [2.75, 3.05) is 7.11 Å². The van der Waals surface area contributed by atoms with Gasteiger partial charge in [0, 0.05) is 22.9 Å². The molecule has 0 bridgehead atoms. The summed E-state index contributed by atoms with van der Waals surface area (Å²) in [7, 11) is 1.59. The van der Waals surface area contributed by atoms with Gasteiger partial charge in [-0.3, -0.25) is 4.79 Å². The average molecular weight is 417 g/mol. The summed E-state index contributed by atoms with van der Waals surface area (Å²) in [5.74, 6) is 2.05. The van der Waals surface area contributed by atoms with Crippen molar-refractivity contribution in [2.24, 2.45) is 0 Å². The summed E-state index contributed by atoms with van der Waals surface area (Å²) in [5.41, 5.74) is 1.73. The molecular formula is C20H21ClN4O2S. The van der Waals surface area contributed by atoms with Crippen molar-refractivity contribution in [3.05, 3.63) is 70.5 Å². The molecule has 0 fully saturated rings. The predicted octanol–water partition coefficient (Wildman–Crippen LogP) is 4.18. The van der Waals surface area contributed by atoms with Crippen LogP contribution in [0.4, 0.5) is 0 Å². The third-order valence-electron chi connectivity index (χ3n) is 4.15. The van der Waals surface area contributed by atoms with Crippen molar-refractivity contribution in [1.82, 2.24) is 20.1 Å². The first kappa shape index (κ1) is 20.2. The molecular weight excluding hydrogens is 396 g/mol. The van der Waals surface area contributed by atoms with Crippen LogP contribution >= 0.6 is 23.4 Å². The quantitative estimate of drug-likeness (QED) is 0.558. The Morgan fingerprint density at radius 2 is 1.86 bits per heavy atom. The molecule has 0 saturated carbocycles. The van der Waals surface area contributed by atoms with Crippen molar-refractivity contribution in [1.29, 1.82) is 0 Å². The maximum atomic E-state index is 12.3. The lowest BCUT2D eigenvalue weighted by atomic mass is 10.2. The van der Waals surface area contributed by atoms with Crippen LogP contribution in [0.5, 0.6) is 5.75 Å². The first-order valence-electron chi connectivity index (χ1n) is 8.82. The first-order valence-corrected chi connectivity index (χ1v) is 10.2. The molecule has 0 saturated heterocycles. The molecule has 0 aliphatic rings. The zero-order chi connectivity index (χ0) is 19.9. The molecule has 0 aliphatic heterocycles. The standard InChI is InChI=1S/C20H21ClN4O2S/c1-3-25-18(12-22-19(26)15-6-10-17(27-2)11-7-15)23-24-20(25)28-13-14-4-8-16(21)9-5-14/h4-11H,3,12-13H2,1-2H3,(H,22,26). The summed E-state index contributed by atoms with van der Waals surface area (Å²) < 4.78 is 7.12. The highest BCUT2D eigenvalue weighted by Gasteiger charge is 2.13. The number of aromatic nitrogens is 3. The van der Waals surface area contributed by atoms with Crippen LogP contribution in [0.1, 0.15) is 28.7 Å². The molecule has 0 atom stereocenters. The predicted molar refractivity (Wildman–Crippen MR) is 111 cm³/mol. The van der Waals surface area contributed by atoms with E-state index >= 15 is 0 Å². The van der Waals surface area contributed by atoms with Crippen LogP contribution in [0.3, 0.4) is 0 Å². The molecule has 28 heavy (non-hydrogen) atoms. The molecule has 146 valence electrons. The van der Waals surface area contributed by atoms with Gasteiger partial charge in [0.1, 0.15) is 5.75 Å². The van der Waals surface area contributed by atoms with Crippen molar-refractivity contribution < 1.29 is 9.53 Å². The maximum absolute atomic E-state index is 12.3. The number of halogens is 1. The smallest absolute Gasteiger partial charge is 0.251 e. The Labute approximate surface area is 173 Å². The zero-order valence-electron chi connectivity index (χ0n) is 15.7. The summed E-state index contributed by atoms with van der Waals surface area (Å²) in [6.07, 6.45) is 0. The highest BCUT2D eigenvalue weighted by molar-refractivity contribution is 7.98. The second-order valence-corrected chi connectivity index (χ2v) is 7.35. The highest BCUT2D eigenvalue weighted by Crippen LogP contribution is 2.23. The minimum Gasteiger partial charge on any atom is -0.497 e. The van der Waals surface area contributed by atoms with E-state index < -0.39 is 0 Å². The average Bonchev–Trinajstić information content (AvgIpc) is 3.13. The third-order valence-corrected chi connectivity index (χ3v) is 5.44. The van der Waals surface area contributed by atoms with E-state index in [4.69, 9.17) is 16.3 Å². The normalized spacial score (nSPS) is 10.7. The number of amides is 1. The van der Waals surface area contributed by atoms with E-state index in [2.05, 4.69) is 15.5 Å². The SMILES string of the molecule is CCn1c(CNC(=O)c2ccc(OC)cc2)nnc1SCc1ccc(Cl)cc1. The molecule has 1 amide bonds. The summed E-state index contributed by atoms with van der Waals surface area (Å²) in [5, 5.41) is 13.0. The molecule has 1 heterocycles. The van der Waals surface area contributed by atoms with Gasteiger partial charge in [-0.05, 0) is 48.9 Å². The monoisotopic (exact) mass is 416 g/mol. The van der Waals surface area contributed by atoms with Crippen LogP contribution < -0.4 is 10.1 Å². The van der Waals surface area contributed by atoms with Gasteiger partial charge >= 0.3 is 0 Å². The molecule has 0 spiro atoms. The lowest BCUT2D eigenvalue weighted by molar-refractivity contribution is 0.0949. The number of hydrogen-bond acceptors (Lipinski definition) is 5. The first-order chi connectivity index (χ1) is 13.6. The van der Waals surface area contributed by atoms with E-state index in [0.717, 1.165) is 33.9 Å². The van der Waals surface area contributed by atoms with Crippen molar-refractivity contribution in [3.8, 4) is 5.75 Å². The molecule has 1 aromatic heterocycles. The number of methoxy groups -OCH3 is 1. The molecule has 1 N–H and O–H groups in total. The highest BCUT2D eigenvalue weighted by atomic mass is 35.5. The number of hydrogen-bond donors (Lipinski definition) is 1. The Bertz CT molecular complexity index is 926. The van der Waals surface area contributed by atoms with Crippen LogP contribution in [-0.2, 0) is 18.8 Å². The van der Waals surface area contributed by atoms with Crippen LogP contribution in [0.2, 0.25) is 5.02 Å². The van der Waals surface area contributed by atoms with Gasteiger partial charge in [0.05, 0.1) is 13.7 Å². The van der Waals surface area contributed by atoms with Crippen molar-refractivity contribution in [3.63, 3.8) is 0 Å². The topological polar surface area (TPSA) is 69.0 Å². The van der Waals surface area contributed by atoms with Gasteiger partial charge in [-0.15, -0.1) is 10.2 Å². The fourth-order valence-electron chi connectivity index (χ4n) is 2.61. The van der Waals surface area contributed by atoms with E-state index in [9.17, 15) is 4.79 Å². The fraction of sp³-hybridized carbons (Fsp3) is 0.250. The third kappa shape index (κ3) is 5.05. The number of carbonyl (C=O) groups is 1. The Balaban J connectivity index is 1.61. The molecule has 3 rings (SSSR count). The Morgan fingerprint density at radius 3 is 2.50 bits per heavy atom. The van der Waals surface area contributed by atoms with Gasteiger partial charge in [-0.1, -0.05) is 35.5 Å². The van der Waals surface area contributed by atoms with E-state index in [1.807, 2.05) is 35.8 Å². The number of nitrogens with one attached hydrogen (secondary N) is 1. The zero-order valence-corrected chi connectivity index (χ0v) is 17.3. The molecule has 0 unspecified atom stereocenters. The Hall–Kier alpha value is -2.51. The van der Waals surface area contributed by atoms with Gasteiger partial charge in [0.25, 0.3) is 5.91 Å². The number of rotatable bonds is 8. The van der Waals surface area contributed by atoms with Crippen molar-refractivity contribution >= 4 is 29.3 Å². The van der Waals surface area contributed by atoms with E-state index in [-0.39, 0.29) is 5.91 Å². The summed E-state index contributed by atoms with van der Waals surface area (Å²) in [4.78, 5) is 12.3. The minimum absolute atomic E-state index is 0.163. The second kappa shape index (κ2) is 9.61. The van der Waals surface area contributed by atoms with Gasteiger partial charge < -0.3 is 14.6 Å². The summed E-state index contributed by atoms with van der Waals surface area (Å²) >= 11 is 7.53. The van der Waals surface area contributed by atoms with Crippen LogP contribution in [0.25, 0.3) is 0 Å². The fourth-order valence-corrected chi connectivity index (χ4v) is 3.71. The summed E-state index contributed by atoms with van der Waals surface area (Å²) in [6.45, 7) is 3.07. The Kier molecular flexibility index (Phi) is 6.95. The van der Waals surface area contributed by atoms with Gasteiger partial charge in [-0.2, -0.15) is 0 Å². The minimum atomic E-state index is -0.163. The lowest BCUT2D eigenvalue weighted by Gasteiger charge is -2.09. The molecule has 0 radical (unpaired) electrons. The van der Waals surface area contributed by atoms with E-state index in [0.29, 0.717) is 17.9 Å². The number of ether oxygens (including phenoxy) is 1. The lowest BCUT2D eigenvalue weighted by Crippen LogP contribution is -2.24. The van der Waals surface area contributed by atoms with Crippen molar-refractivity contribution in [2.45, 2.75) is 30.9 Å². The second-order valence-electron chi connectivity index (χ2n) is 5.97. The number of benzene rings is 2. The van der Waals surface area contributed by atoms with Gasteiger partial charge in [0.2, 0.25) is 0 Å². The number of nitrogens with zero attached hydrogens (tertiary/aromatic N) is 3. The molecule has 6 nitrogen and oxygen atoms in total. The van der Waals surface area contributed by atoms with Crippen LogP contribution in [-0.4, -0.2) is 27.8 Å². The van der Waals surface area contributed by atoms with Gasteiger partial charge in [0.15, 0.2) is 11.0 Å². The number of carbonyl (C=O) groups excluding carboxylic acids is 1. The van der Waals surface area contributed by atoms with Crippen LogP contribution in [0.15, 0.2) is 53.7 Å². The maximum Gasteiger partial charge on any atom is 0.251 e. The Morgan fingerprint density at radius 1 is 1.14 bits per heavy atom. The molecule has 8 heteroatoms. The van der Waals surface area contributed by atoms with E-state index in [1.165, 1.54) is 0 Å². The molecule has 3 aromatic rings. The summed E-state index contributed by atoms with van der Waals surface area (Å²) in [6, 6.07) is 14.7. The number of thioether (sulfide) groups is 1. The van der Waals surface area contributed by atoms with Gasteiger partial charge in [-0.25, -0.2) is 0 Å². The molecule has 0 aliphatic carbocycles. The van der Waals surface area contributed by atoms with E-state index in [1.54, 1.807) is 43.1 Å². The van der Waals surface area contributed by atoms with Crippen LogP contribution in [0, 0.1) is 0 Å². The molecule has 2 aromatic carbocycles.